The Labute approximate surface area is 136 Å². The normalized spacial score (nSPS) is 20.9. The predicted molar refractivity (Wildman–Crippen MR) is 87.1 cm³/mol. The van der Waals surface area contributed by atoms with Crippen LogP contribution in [-0.4, -0.2) is 38.2 Å². The summed E-state index contributed by atoms with van der Waals surface area (Å²) in [4.78, 5) is 14.7. The van der Waals surface area contributed by atoms with Gasteiger partial charge in [0, 0.05) is 30.6 Å². The van der Waals surface area contributed by atoms with Gasteiger partial charge in [0.1, 0.15) is 12.2 Å². The number of benzene rings is 1. The summed E-state index contributed by atoms with van der Waals surface area (Å²) in [7, 11) is 0. The first-order valence-electron chi connectivity index (χ1n) is 8.57. The fraction of sp³-hybridized carbons (Fsp3) is 0.500. The van der Waals surface area contributed by atoms with Crippen LogP contribution in [0, 0.1) is 0 Å². The van der Waals surface area contributed by atoms with Crippen molar-refractivity contribution in [3.05, 3.63) is 48.0 Å². The van der Waals surface area contributed by atoms with Crippen molar-refractivity contribution in [2.75, 3.05) is 6.54 Å². The molecule has 23 heavy (non-hydrogen) atoms. The topological polar surface area (TPSA) is 51.0 Å². The van der Waals surface area contributed by atoms with E-state index in [1.165, 1.54) is 12.8 Å². The molecule has 1 saturated heterocycles. The predicted octanol–water partition coefficient (Wildman–Crippen LogP) is 2.85. The second-order valence-electron chi connectivity index (χ2n) is 6.58. The molecule has 1 aliphatic heterocycles. The van der Waals surface area contributed by atoms with Crippen molar-refractivity contribution in [3.63, 3.8) is 0 Å². The van der Waals surface area contributed by atoms with Gasteiger partial charge in [0.2, 0.25) is 0 Å². The van der Waals surface area contributed by atoms with Gasteiger partial charge < -0.3 is 9.47 Å². The van der Waals surface area contributed by atoms with Crippen molar-refractivity contribution in [1.29, 1.82) is 0 Å². The van der Waals surface area contributed by atoms with E-state index in [1.807, 2.05) is 41.6 Å². The molecule has 1 aromatic heterocycles. The standard InChI is InChI=1S/C18H22N4O/c23-18(14-5-2-1-3-6-14)21-12-4-7-15(21)10-11-17-20-19-13-22(17)16-8-9-16/h1-3,5-6,13,15-16H,4,7-12H2. The summed E-state index contributed by atoms with van der Waals surface area (Å²) in [6.45, 7) is 0.869. The molecule has 1 unspecified atom stereocenters. The van der Waals surface area contributed by atoms with Crippen LogP contribution in [0.1, 0.15) is 54.3 Å². The van der Waals surface area contributed by atoms with Crippen LogP contribution in [0.3, 0.4) is 0 Å². The SMILES string of the molecule is O=C(c1ccccc1)N1CCCC1CCc1nncn1C1CC1. The average Bonchev–Trinajstić information content (AvgIpc) is 3.14. The van der Waals surface area contributed by atoms with Crippen LogP contribution in [0.2, 0.25) is 0 Å². The number of rotatable bonds is 5. The lowest BCUT2D eigenvalue weighted by Crippen LogP contribution is -2.35. The summed E-state index contributed by atoms with van der Waals surface area (Å²) >= 11 is 0. The van der Waals surface area contributed by atoms with Crippen molar-refractivity contribution >= 4 is 5.91 Å². The largest absolute Gasteiger partial charge is 0.336 e. The lowest BCUT2D eigenvalue weighted by molar-refractivity contribution is 0.0730. The molecule has 1 saturated carbocycles. The van der Waals surface area contributed by atoms with Crippen molar-refractivity contribution in [1.82, 2.24) is 19.7 Å². The minimum absolute atomic E-state index is 0.164. The average molecular weight is 310 g/mol. The quantitative estimate of drug-likeness (QED) is 0.853. The van der Waals surface area contributed by atoms with E-state index in [0.29, 0.717) is 12.1 Å². The minimum atomic E-state index is 0.164. The van der Waals surface area contributed by atoms with Crippen LogP contribution >= 0.6 is 0 Å². The van der Waals surface area contributed by atoms with Gasteiger partial charge in [-0.1, -0.05) is 18.2 Å². The first-order chi connectivity index (χ1) is 11.3. The van der Waals surface area contributed by atoms with E-state index in [-0.39, 0.29) is 5.91 Å². The van der Waals surface area contributed by atoms with Crippen LogP contribution in [0.15, 0.2) is 36.7 Å². The number of aromatic nitrogens is 3. The molecule has 0 N–H and O–H groups in total. The van der Waals surface area contributed by atoms with Crippen molar-refractivity contribution in [2.45, 2.75) is 50.6 Å². The van der Waals surface area contributed by atoms with Crippen molar-refractivity contribution in [2.24, 2.45) is 0 Å². The molecule has 2 aliphatic rings. The maximum atomic E-state index is 12.7. The second kappa shape index (κ2) is 6.14. The zero-order chi connectivity index (χ0) is 15.6. The van der Waals surface area contributed by atoms with E-state index >= 15 is 0 Å². The fourth-order valence-corrected chi connectivity index (χ4v) is 3.55. The van der Waals surface area contributed by atoms with Gasteiger partial charge in [-0.05, 0) is 44.2 Å². The van der Waals surface area contributed by atoms with Crippen molar-refractivity contribution < 1.29 is 4.79 Å². The van der Waals surface area contributed by atoms with E-state index < -0.39 is 0 Å². The molecule has 5 heteroatoms. The number of amides is 1. The summed E-state index contributed by atoms with van der Waals surface area (Å²) in [6, 6.07) is 10.6. The van der Waals surface area contributed by atoms with E-state index in [2.05, 4.69) is 14.8 Å². The zero-order valence-electron chi connectivity index (χ0n) is 13.3. The molecule has 1 atom stereocenters. The molecule has 4 rings (SSSR count). The van der Waals surface area contributed by atoms with Crippen LogP contribution in [0.4, 0.5) is 0 Å². The molecule has 5 nitrogen and oxygen atoms in total. The first-order valence-corrected chi connectivity index (χ1v) is 8.57. The Bertz CT molecular complexity index is 677. The van der Waals surface area contributed by atoms with E-state index in [0.717, 1.165) is 43.6 Å². The maximum absolute atomic E-state index is 12.7. The third kappa shape index (κ3) is 3.00. The lowest BCUT2D eigenvalue weighted by Gasteiger charge is -2.24. The number of aryl methyl sites for hydroxylation is 1. The van der Waals surface area contributed by atoms with E-state index in [4.69, 9.17) is 0 Å². The smallest absolute Gasteiger partial charge is 0.254 e. The Kier molecular flexibility index (Phi) is 3.85. The highest BCUT2D eigenvalue weighted by Crippen LogP contribution is 2.35. The third-order valence-electron chi connectivity index (χ3n) is 4.95. The van der Waals surface area contributed by atoms with Gasteiger partial charge in [-0.15, -0.1) is 10.2 Å². The number of carbonyl (C=O) groups excluding carboxylic acids is 1. The highest BCUT2D eigenvalue weighted by Gasteiger charge is 2.30. The molecular formula is C18H22N4O. The Morgan fingerprint density at radius 1 is 1.17 bits per heavy atom. The van der Waals surface area contributed by atoms with Gasteiger partial charge in [-0.3, -0.25) is 4.79 Å². The molecule has 1 aromatic carbocycles. The Hall–Kier alpha value is -2.17. The van der Waals surface area contributed by atoms with E-state index in [1.54, 1.807) is 0 Å². The van der Waals surface area contributed by atoms with Gasteiger partial charge in [0.05, 0.1) is 0 Å². The first kappa shape index (κ1) is 14.4. The van der Waals surface area contributed by atoms with Gasteiger partial charge in [0.25, 0.3) is 5.91 Å². The molecule has 120 valence electrons. The monoisotopic (exact) mass is 310 g/mol. The number of carbonyl (C=O) groups is 1. The molecule has 0 spiro atoms. The molecule has 0 bridgehead atoms. The minimum Gasteiger partial charge on any atom is -0.336 e. The van der Waals surface area contributed by atoms with E-state index in [9.17, 15) is 4.79 Å². The fourth-order valence-electron chi connectivity index (χ4n) is 3.55. The highest BCUT2D eigenvalue weighted by atomic mass is 16.2. The highest BCUT2D eigenvalue weighted by molar-refractivity contribution is 5.94. The van der Waals surface area contributed by atoms with Gasteiger partial charge in [-0.25, -0.2) is 0 Å². The summed E-state index contributed by atoms with van der Waals surface area (Å²) < 4.78 is 2.22. The summed E-state index contributed by atoms with van der Waals surface area (Å²) in [5.41, 5.74) is 0.792. The van der Waals surface area contributed by atoms with Crippen LogP contribution in [0.5, 0.6) is 0 Å². The zero-order valence-corrected chi connectivity index (χ0v) is 13.3. The van der Waals surface area contributed by atoms with Crippen molar-refractivity contribution in [3.8, 4) is 0 Å². The maximum Gasteiger partial charge on any atom is 0.254 e. The Balaban J connectivity index is 1.42. The van der Waals surface area contributed by atoms with Crippen LogP contribution in [-0.2, 0) is 6.42 Å². The summed E-state index contributed by atoms with van der Waals surface area (Å²) in [5.74, 6) is 1.24. The van der Waals surface area contributed by atoms with Gasteiger partial charge in [0.15, 0.2) is 0 Å². The van der Waals surface area contributed by atoms with Gasteiger partial charge in [-0.2, -0.15) is 0 Å². The number of hydrogen-bond acceptors (Lipinski definition) is 3. The molecule has 2 heterocycles. The second-order valence-corrected chi connectivity index (χ2v) is 6.58. The third-order valence-corrected chi connectivity index (χ3v) is 4.95. The molecule has 2 fully saturated rings. The summed E-state index contributed by atoms with van der Waals surface area (Å²) in [6.07, 6.45) is 8.41. The van der Waals surface area contributed by atoms with Crippen LogP contribution in [0.25, 0.3) is 0 Å². The number of nitrogens with zero attached hydrogens (tertiary/aromatic N) is 4. The molecule has 1 amide bonds. The lowest BCUT2D eigenvalue weighted by atomic mass is 10.1. The molecule has 0 radical (unpaired) electrons. The number of likely N-dealkylation sites (tertiary alicyclic amines) is 1. The number of hydrogen-bond donors (Lipinski definition) is 0. The molecule has 1 aliphatic carbocycles. The molecule has 2 aromatic rings. The Morgan fingerprint density at radius 3 is 2.78 bits per heavy atom. The summed E-state index contributed by atoms with van der Waals surface area (Å²) in [5, 5.41) is 8.34. The van der Waals surface area contributed by atoms with Crippen LogP contribution < -0.4 is 0 Å². The molecular weight excluding hydrogens is 288 g/mol. The van der Waals surface area contributed by atoms with Gasteiger partial charge >= 0.3 is 0 Å². The Morgan fingerprint density at radius 2 is 2.00 bits per heavy atom.